The van der Waals surface area contributed by atoms with E-state index < -0.39 is 0 Å². The van der Waals surface area contributed by atoms with E-state index in [1.54, 1.807) is 0 Å². The van der Waals surface area contributed by atoms with Gasteiger partial charge in [0.05, 0.1) is 6.04 Å². The number of hydrogen-bond acceptors (Lipinski definition) is 2. The molecule has 1 aromatic carbocycles. The largest absolute Gasteiger partial charge is 0.322 e. The third-order valence-corrected chi connectivity index (χ3v) is 3.15. The van der Waals surface area contributed by atoms with E-state index >= 15 is 0 Å². The van der Waals surface area contributed by atoms with Gasteiger partial charge in [0.15, 0.2) is 0 Å². The lowest BCUT2D eigenvalue weighted by molar-refractivity contribution is 0.561. The molecule has 0 radical (unpaired) electrons. The van der Waals surface area contributed by atoms with Crippen molar-refractivity contribution in [2.75, 3.05) is 0 Å². The number of fused-ring (bicyclic) bond motifs is 1. The molecule has 2 aromatic rings. The van der Waals surface area contributed by atoms with Crippen molar-refractivity contribution < 1.29 is 0 Å². The number of rotatable bonds is 5. The van der Waals surface area contributed by atoms with Crippen molar-refractivity contribution in [1.29, 1.82) is 0 Å². The van der Waals surface area contributed by atoms with Crippen LogP contribution in [0.2, 0.25) is 0 Å². The monoisotopic (exact) mass is 254 g/mol. The Morgan fingerprint density at radius 3 is 2.95 bits per heavy atom. The molecule has 3 heteroatoms. The summed E-state index contributed by atoms with van der Waals surface area (Å²) in [5.74, 6) is 2.71. The maximum Gasteiger partial charge on any atom is 0.252 e. The van der Waals surface area contributed by atoms with E-state index in [9.17, 15) is 4.79 Å². The van der Waals surface area contributed by atoms with Gasteiger partial charge in [-0.05, 0) is 23.9 Å². The van der Waals surface area contributed by atoms with Gasteiger partial charge in [0, 0.05) is 17.6 Å². The zero-order valence-electron chi connectivity index (χ0n) is 11.1. The fraction of sp³-hybridized carbons (Fsp3) is 0.312. The van der Waals surface area contributed by atoms with Gasteiger partial charge in [-0.15, -0.1) is 6.42 Å². The van der Waals surface area contributed by atoms with Crippen molar-refractivity contribution in [3.63, 3.8) is 0 Å². The number of aromatic nitrogens is 1. The van der Waals surface area contributed by atoms with E-state index in [-0.39, 0.29) is 11.6 Å². The van der Waals surface area contributed by atoms with E-state index in [4.69, 9.17) is 6.42 Å². The van der Waals surface area contributed by atoms with Crippen molar-refractivity contribution in [2.24, 2.45) is 0 Å². The van der Waals surface area contributed by atoms with Gasteiger partial charge in [-0.1, -0.05) is 37.5 Å². The molecule has 98 valence electrons. The quantitative estimate of drug-likeness (QED) is 0.805. The highest BCUT2D eigenvalue weighted by Crippen LogP contribution is 2.10. The number of benzene rings is 1. The second kappa shape index (κ2) is 6.21. The van der Waals surface area contributed by atoms with Crippen molar-refractivity contribution in [3.8, 4) is 12.3 Å². The highest BCUT2D eigenvalue weighted by molar-refractivity contribution is 5.78. The fourth-order valence-corrected chi connectivity index (χ4v) is 2.09. The number of terminal acetylenes is 1. The van der Waals surface area contributed by atoms with Gasteiger partial charge in [0.2, 0.25) is 0 Å². The number of para-hydroxylation sites is 1. The summed E-state index contributed by atoms with van der Waals surface area (Å²) in [6.45, 7) is 2.59. The summed E-state index contributed by atoms with van der Waals surface area (Å²) in [7, 11) is 0. The molecule has 1 aromatic heterocycles. The van der Waals surface area contributed by atoms with E-state index in [0.717, 1.165) is 29.3 Å². The maximum atomic E-state index is 11.9. The number of pyridine rings is 1. The van der Waals surface area contributed by atoms with Crippen LogP contribution in [0.15, 0.2) is 35.1 Å². The summed E-state index contributed by atoms with van der Waals surface area (Å²) >= 11 is 0. The summed E-state index contributed by atoms with van der Waals surface area (Å²) in [4.78, 5) is 14.8. The molecule has 19 heavy (non-hydrogen) atoms. The first kappa shape index (κ1) is 13.4. The SMILES string of the molecule is C#CC(CCC)NCc1cc2ccccc2[nH]c1=O. The predicted octanol–water partition coefficient (Wildman–Crippen LogP) is 2.42. The number of nitrogens with one attached hydrogen (secondary N) is 2. The minimum Gasteiger partial charge on any atom is -0.322 e. The molecule has 1 heterocycles. The van der Waals surface area contributed by atoms with Crippen LogP contribution in [0.3, 0.4) is 0 Å². The maximum absolute atomic E-state index is 11.9. The lowest BCUT2D eigenvalue weighted by Crippen LogP contribution is -2.29. The second-order valence-corrected chi connectivity index (χ2v) is 4.60. The third-order valence-electron chi connectivity index (χ3n) is 3.15. The molecular formula is C16H18N2O. The Morgan fingerprint density at radius 1 is 1.42 bits per heavy atom. The van der Waals surface area contributed by atoms with E-state index in [1.165, 1.54) is 0 Å². The first-order valence-electron chi connectivity index (χ1n) is 6.55. The summed E-state index contributed by atoms with van der Waals surface area (Å²) in [5.41, 5.74) is 1.52. The molecule has 0 bridgehead atoms. The average Bonchev–Trinajstić information content (AvgIpc) is 2.43. The van der Waals surface area contributed by atoms with Crippen LogP contribution in [-0.2, 0) is 6.54 Å². The van der Waals surface area contributed by atoms with Crippen LogP contribution >= 0.6 is 0 Å². The number of hydrogen-bond donors (Lipinski definition) is 2. The normalized spacial score (nSPS) is 12.2. The van der Waals surface area contributed by atoms with Crippen LogP contribution in [0.25, 0.3) is 10.9 Å². The molecule has 0 aliphatic carbocycles. The van der Waals surface area contributed by atoms with Crippen molar-refractivity contribution in [1.82, 2.24) is 10.3 Å². The molecule has 2 N–H and O–H groups in total. The van der Waals surface area contributed by atoms with Gasteiger partial charge in [0.25, 0.3) is 5.56 Å². The molecule has 1 unspecified atom stereocenters. The second-order valence-electron chi connectivity index (χ2n) is 4.60. The first-order valence-corrected chi connectivity index (χ1v) is 6.55. The fourth-order valence-electron chi connectivity index (χ4n) is 2.09. The Kier molecular flexibility index (Phi) is 4.38. The first-order chi connectivity index (χ1) is 9.24. The van der Waals surface area contributed by atoms with Gasteiger partial charge in [0.1, 0.15) is 0 Å². The summed E-state index contributed by atoms with van der Waals surface area (Å²) in [6.07, 6.45) is 7.40. The van der Waals surface area contributed by atoms with E-state index in [0.29, 0.717) is 6.54 Å². The lowest BCUT2D eigenvalue weighted by atomic mass is 10.1. The van der Waals surface area contributed by atoms with Gasteiger partial charge in [-0.2, -0.15) is 0 Å². The Hall–Kier alpha value is -2.05. The average molecular weight is 254 g/mol. The highest BCUT2D eigenvalue weighted by Gasteiger charge is 2.06. The molecule has 0 saturated heterocycles. The molecule has 2 rings (SSSR count). The molecule has 3 nitrogen and oxygen atoms in total. The zero-order chi connectivity index (χ0) is 13.7. The predicted molar refractivity (Wildman–Crippen MR) is 78.9 cm³/mol. The van der Waals surface area contributed by atoms with Gasteiger partial charge in [-0.3, -0.25) is 10.1 Å². The van der Waals surface area contributed by atoms with Crippen LogP contribution < -0.4 is 10.9 Å². The van der Waals surface area contributed by atoms with Crippen molar-refractivity contribution in [2.45, 2.75) is 32.4 Å². The highest BCUT2D eigenvalue weighted by atomic mass is 16.1. The Bertz CT molecular complexity index is 652. The third kappa shape index (κ3) is 3.24. The van der Waals surface area contributed by atoms with Gasteiger partial charge >= 0.3 is 0 Å². The standard InChI is InChI=1S/C16H18N2O/c1-3-7-14(4-2)17-11-13-10-12-8-5-6-9-15(12)18-16(13)19/h2,5-6,8-10,14,17H,3,7,11H2,1H3,(H,18,19). The Balaban J connectivity index is 2.19. The zero-order valence-corrected chi connectivity index (χ0v) is 11.1. The molecule has 0 aliphatic rings. The minimum atomic E-state index is -0.0570. The van der Waals surface area contributed by atoms with Crippen molar-refractivity contribution in [3.05, 3.63) is 46.2 Å². The molecule has 1 atom stereocenters. The van der Waals surface area contributed by atoms with Crippen LogP contribution in [-0.4, -0.2) is 11.0 Å². The Labute approximate surface area is 113 Å². The molecule has 0 spiro atoms. The molecular weight excluding hydrogens is 236 g/mol. The van der Waals surface area contributed by atoms with Crippen LogP contribution in [0.5, 0.6) is 0 Å². The van der Waals surface area contributed by atoms with Crippen LogP contribution in [0, 0.1) is 12.3 Å². The van der Waals surface area contributed by atoms with Gasteiger partial charge in [-0.25, -0.2) is 0 Å². The number of H-pyrrole nitrogens is 1. The van der Waals surface area contributed by atoms with Gasteiger partial charge < -0.3 is 4.98 Å². The van der Waals surface area contributed by atoms with Crippen molar-refractivity contribution >= 4 is 10.9 Å². The summed E-state index contributed by atoms with van der Waals surface area (Å²) < 4.78 is 0. The molecule has 0 amide bonds. The molecule has 0 fully saturated rings. The van der Waals surface area contributed by atoms with E-state index in [1.807, 2.05) is 30.3 Å². The number of aromatic amines is 1. The topological polar surface area (TPSA) is 44.9 Å². The van der Waals surface area contributed by atoms with Crippen LogP contribution in [0.4, 0.5) is 0 Å². The minimum absolute atomic E-state index is 0.0240. The smallest absolute Gasteiger partial charge is 0.252 e. The Morgan fingerprint density at radius 2 is 2.21 bits per heavy atom. The summed E-state index contributed by atoms with van der Waals surface area (Å²) in [6, 6.07) is 9.69. The summed E-state index contributed by atoms with van der Waals surface area (Å²) in [5, 5.41) is 4.27. The van der Waals surface area contributed by atoms with Crippen LogP contribution in [0.1, 0.15) is 25.3 Å². The lowest BCUT2D eigenvalue weighted by Gasteiger charge is -2.11. The molecule has 0 saturated carbocycles. The van der Waals surface area contributed by atoms with E-state index in [2.05, 4.69) is 23.1 Å². The molecule has 0 aliphatic heterocycles.